The molecule has 2 heterocycles. The number of thiazole rings is 1. The molecule has 1 atom stereocenters. The zero-order chi connectivity index (χ0) is 21.3. The number of aromatic nitrogens is 1. The van der Waals surface area contributed by atoms with Gasteiger partial charge in [0.15, 0.2) is 5.96 Å². The fraction of sp³-hybridized carbons (Fsp3) is 0.565. The van der Waals surface area contributed by atoms with Gasteiger partial charge < -0.3 is 15.4 Å². The molecular weight excluding hydrogens is 521 g/mol. The highest BCUT2D eigenvalue weighted by Gasteiger charge is 2.22. The van der Waals surface area contributed by atoms with Crippen molar-refractivity contribution in [1.82, 2.24) is 20.5 Å². The maximum absolute atomic E-state index is 5.34. The standard InChI is InChI=1S/C23H35N5OS.HI/c1-17-22(30-18(2)27-17)12-13-25-23(24-3)26-16-21(28-14-6-5-7-15-28)19-8-10-20(29-4)11-9-19;/h8-11,21H,5-7,12-16H2,1-4H3,(H2,24,25,26);1H. The summed E-state index contributed by atoms with van der Waals surface area (Å²) in [6.45, 7) is 8.12. The summed E-state index contributed by atoms with van der Waals surface area (Å²) < 4.78 is 5.34. The fourth-order valence-electron chi connectivity index (χ4n) is 4.03. The second-order valence-corrected chi connectivity index (χ2v) is 9.04. The van der Waals surface area contributed by atoms with Gasteiger partial charge in [-0.05, 0) is 57.5 Å². The number of hydrogen-bond donors (Lipinski definition) is 2. The lowest BCUT2D eigenvalue weighted by atomic mass is 10.0. The Morgan fingerprint density at radius 2 is 1.87 bits per heavy atom. The minimum absolute atomic E-state index is 0. The predicted molar refractivity (Wildman–Crippen MR) is 141 cm³/mol. The van der Waals surface area contributed by atoms with Crippen molar-refractivity contribution >= 4 is 41.3 Å². The van der Waals surface area contributed by atoms with Crippen molar-refractivity contribution in [1.29, 1.82) is 0 Å². The van der Waals surface area contributed by atoms with Crippen LogP contribution in [-0.2, 0) is 6.42 Å². The molecule has 1 aliphatic heterocycles. The van der Waals surface area contributed by atoms with Crippen LogP contribution in [0.2, 0.25) is 0 Å². The van der Waals surface area contributed by atoms with Crippen LogP contribution in [0.15, 0.2) is 29.3 Å². The molecule has 0 spiro atoms. The molecule has 0 radical (unpaired) electrons. The van der Waals surface area contributed by atoms with E-state index in [4.69, 9.17) is 4.74 Å². The minimum Gasteiger partial charge on any atom is -0.497 e. The average Bonchev–Trinajstić information content (AvgIpc) is 3.10. The summed E-state index contributed by atoms with van der Waals surface area (Å²) >= 11 is 1.78. The van der Waals surface area contributed by atoms with Crippen LogP contribution in [0.4, 0.5) is 0 Å². The molecule has 2 aromatic rings. The van der Waals surface area contributed by atoms with Crippen LogP contribution >= 0.6 is 35.3 Å². The highest BCUT2D eigenvalue weighted by atomic mass is 127. The van der Waals surface area contributed by atoms with Gasteiger partial charge in [-0.2, -0.15) is 0 Å². The fourth-order valence-corrected chi connectivity index (χ4v) is 4.96. The summed E-state index contributed by atoms with van der Waals surface area (Å²) in [5.74, 6) is 1.75. The first-order valence-electron chi connectivity index (χ1n) is 10.9. The molecule has 8 heteroatoms. The molecule has 1 aromatic heterocycles. The third-order valence-electron chi connectivity index (χ3n) is 5.66. The predicted octanol–water partition coefficient (Wildman–Crippen LogP) is 4.32. The Bertz CT molecular complexity index is 818. The molecular formula is C23H36IN5OS. The largest absolute Gasteiger partial charge is 0.497 e. The number of rotatable bonds is 8. The zero-order valence-electron chi connectivity index (χ0n) is 19.1. The highest BCUT2D eigenvalue weighted by molar-refractivity contribution is 14.0. The SMILES string of the molecule is CN=C(NCCc1sc(C)nc1C)NCC(c1ccc(OC)cc1)N1CCCCC1.I. The van der Waals surface area contributed by atoms with E-state index in [1.54, 1.807) is 18.4 Å². The normalized spacial score (nSPS) is 15.8. The van der Waals surface area contributed by atoms with Crippen molar-refractivity contribution in [3.8, 4) is 5.75 Å². The third-order valence-corrected chi connectivity index (χ3v) is 6.80. The van der Waals surface area contributed by atoms with E-state index in [9.17, 15) is 0 Å². The van der Waals surface area contributed by atoms with Gasteiger partial charge in [0.2, 0.25) is 0 Å². The van der Waals surface area contributed by atoms with Crippen LogP contribution in [0, 0.1) is 13.8 Å². The molecule has 1 aromatic carbocycles. The van der Waals surface area contributed by atoms with Crippen LogP contribution < -0.4 is 15.4 Å². The first kappa shape index (κ1) is 25.9. The summed E-state index contributed by atoms with van der Waals surface area (Å²) in [6, 6.07) is 8.80. The van der Waals surface area contributed by atoms with Crippen LogP contribution in [0.3, 0.4) is 0 Å². The number of nitrogens with zero attached hydrogens (tertiary/aromatic N) is 3. The van der Waals surface area contributed by atoms with Crippen molar-refractivity contribution in [2.24, 2.45) is 4.99 Å². The van der Waals surface area contributed by atoms with E-state index in [2.05, 4.69) is 63.6 Å². The molecule has 31 heavy (non-hydrogen) atoms. The molecule has 0 saturated carbocycles. The van der Waals surface area contributed by atoms with E-state index in [-0.39, 0.29) is 24.0 Å². The second-order valence-electron chi connectivity index (χ2n) is 7.76. The lowest BCUT2D eigenvalue weighted by Crippen LogP contribution is -2.44. The van der Waals surface area contributed by atoms with E-state index in [1.165, 1.54) is 29.7 Å². The monoisotopic (exact) mass is 557 g/mol. The number of aliphatic imine (C=N–C) groups is 1. The van der Waals surface area contributed by atoms with Crippen molar-refractivity contribution in [2.75, 3.05) is 40.3 Å². The number of guanidine groups is 1. The smallest absolute Gasteiger partial charge is 0.191 e. The Morgan fingerprint density at radius 3 is 2.45 bits per heavy atom. The first-order chi connectivity index (χ1) is 14.6. The van der Waals surface area contributed by atoms with Crippen LogP contribution in [0.5, 0.6) is 5.75 Å². The highest BCUT2D eigenvalue weighted by Crippen LogP contribution is 2.26. The Morgan fingerprint density at radius 1 is 1.16 bits per heavy atom. The van der Waals surface area contributed by atoms with Gasteiger partial charge in [0.1, 0.15) is 5.75 Å². The van der Waals surface area contributed by atoms with E-state index >= 15 is 0 Å². The topological polar surface area (TPSA) is 61.8 Å². The lowest BCUT2D eigenvalue weighted by molar-refractivity contribution is 0.164. The Balaban J connectivity index is 0.00000341. The number of likely N-dealkylation sites (tertiary alicyclic amines) is 1. The van der Waals surface area contributed by atoms with Gasteiger partial charge in [-0.15, -0.1) is 35.3 Å². The lowest BCUT2D eigenvalue weighted by Gasteiger charge is -2.35. The number of nitrogens with one attached hydrogen (secondary N) is 2. The van der Waals surface area contributed by atoms with Gasteiger partial charge in [0, 0.05) is 31.4 Å². The Hall–Kier alpha value is -1.39. The van der Waals surface area contributed by atoms with Crippen molar-refractivity contribution in [3.05, 3.63) is 45.4 Å². The van der Waals surface area contributed by atoms with Gasteiger partial charge in [0.05, 0.1) is 23.9 Å². The number of methoxy groups -OCH3 is 1. The molecule has 1 fully saturated rings. The number of aryl methyl sites for hydroxylation is 2. The van der Waals surface area contributed by atoms with E-state index in [0.29, 0.717) is 6.04 Å². The molecule has 172 valence electrons. The van der Waals surface area contributed by atoms with Gasteiger partial charge in [-0.25, -0.2) is 4.98 Å². The maximum atomic E-state index is 5.34. The number of benzene rings is 1. The van der Waals surface area contributed by atoms with Gasteiger partial charge >= 0.3 is 0 Å². The van der Waals surface area contributed by atoms with E-state index in [0.717, 1.165) is 55.0 Å². The van der Waals surface area contributed by atoms with E-state index < -0.39 is 0 Å². The summed E-state index contributed by atoms with van der Waals surface area (Å²) in [7, 11) is 3.55. The van der Waals surface area contributed by atoms with Crippen LogP contribution in [0.25, 0.3) is 0 Å². The van der Waals surface area contributed by atoms with Gasteiger partial charge in [0.25, 0.3) is 0 Å². The Labute approximate surface area is 207 Å². The number of ether oxygens (including phenoxy) is 1. The molecule has 1 unspecified atom stereocenters. The number of piperidine rings is 1. The summed E-state index contributed by atoms with van der Waals surface area (Å²) in [5.41, 5.74) is 2.46. The zero-order valence-corrected chi connectivity index (χ0v) is 22.3. The molecule has 3 rings (SSSR count). The minimum atomic E-state index is 0. The molecule has 0 bridgehead atoms. The van der Waals surface area contributed by atoms with Crippen molar-refractivity contribution in [2.45, 2.75) is 45.6 Å². The Kier molecular flexibility index (Phi) is 11.0. The van der Waals surface area contributed by atoms with Crippen LogP contribution in [-0.4, -0.2) is 56.2 Å². The van der Waals surface area contributed by atoms with Gasteiger partial charge in [-0.3, -0.25) is 9.89 Å². The molecule has 1 saturated heterocycles. The summed E-state index contributed by atoms with van der Waals surface area (Å²) in [5, 5.41) is 8.15. The number of halogens is 1. The molecule has 1 aliphatic rings. The van der Waals surface area contributed by atoms with Gasteiger partial charge in [-0.1, -0.05) is 18.6 Å². The van der Waals surface area contributed by atoms with Crippen LogP contribution in [0.1, 0.15) is 46.4 Å². The quantitative estimate of drug-likeness (QED) is 0.288. The number of hydrogen-bond acceptors (Lipinski definition) is 5. The molecule has 2 N–H and O–H groups in total. The average molecular weight is 558 g/mol. The summed E-state index contributed by atoms with van der Waals surface area (Å²) in [4.78, 5) is 12.9. The molecule has 0 amide bonds. The molecule has 6 nitrogen and oxygen atoms in total. The first-order valence-corrected chi connectivity index (χ1v) is 11.7. The van der Waals surface area contributed by atoms with E-state index in [1.807, 2.05) is 7.05 Å². The maximum Gasteiger partial charge on any atom is 0.191 e. The second kappa shape index (κ2) is 13.2. The third kappa shape index (κ3) is 7.61. The van der Waals surface area contributed by atoms with Crippen molar-refractivity contribution < 1.29 is 4.74 Å². The molecule has 0 aliphatic carbocycles. The van der Waals surface area contributed by atoms with Crippen molar-refractivity contribution in [3.63, 3.8) is 0 Å². The summed E-state index contributed by atoms with van der Waals surface area (Å²) in [6.07, 6.45) is 4.84.